The van der Waals surface area contributed by atoms with Crippen molar-refractivity contribution >= 4 is 21.4 Å². The minimum absolute atomic E-state index is 0.0836. The third-order valence-corrected chi connectivity index (χ3v) is 6.61. The summed E-state index contributed by atoms with van der Waals surface area (Å²) >= 11 is 0. The van der Waals surface area contributed by atoms with Crippen molar-refractivity contribution in [1.82, 2.24) is 5.32 Å². The van der Waals surface area contributed by atoms with Crippen molar-refractivity contribution < 1.29 is 21.6 Å². The van der Waals surface area contributed by atoms with E-state index in [-0.39, 0.29) is 12.1 Å². The van der Waals surface area contributed by atoms with Crippen LogP contribution in [0.15, 0.2) is 36.4 Å². The SMILES string of the molecule is CNCCC[C@H]1Cc2cc(F)ccc2N(c2c(F)cccc2F)S1(=O)=O. The van der Waals surface area contributed by atoms with E-state index in [1.54, 1.807) is 7.05 Å². The van der Waals surface area contributed by atoms with Crippen LogP contribution in [0.25, 0.3) is 0 Å². The van der Waals surface area contributed by atoms with E-state index in [9.17, 15) is 21.6 Å². The largest absolute Gasteiger partial charge is 0.320 e. The first-order valence-corrected chi connectivity index (χ1v) is 9.77. The monoisotopic (exact) mass is 384 g/mol. The summed E-state index contributed by atoms with van der Waals surface area (Å²) in [5, 5.41) is 2.05. The normalized spacial score (nSPS) is 18.6. The fraction of sp³-hybridized carbons (Fsp3) is 0.333. The second-order valence-electron chi connectivity index (χ2n) is 6.22. The van der Waals surface area contributed by atoms with Gasteiger partial charge in [-0.3, -0.25) is 0 Å². The zero-order chi connectivity index (χ0) is 18.9. The van der Waals surface area contributed by atoms with Crippen LogP contribution in [0.4, 0.5) is 24.5 Å². The van der Waals surface area contributed by atoms with Gasteiger partial charge in [-0.1, -0.05) is 6.07 Å². The molecule has 3 rings (SSSR count). The highest BCUT2D eigenvalue weighted by atomic mass is 32.2. The van der Waals surface area contributed by atoms with Crippen molar-refractivity contribution in [3.8, 4) is 0 Å². The Bertz CT molecular complexity index is 898. The van der Waals surface area contributed by atoms with Crippen LogP contribution in [0.1, 0.15) is 18.4 Å². The molecule has 0 bridgehead atoms. The molecule has 1 aliphatic heterocycles. The number of hydrogen-bond donors (Lipinski definition) is 1. The number of hydrogen-bond acceptors (Lipinski definition) is 3. The van der Waals surface area contributed by atoms with Gasteiger partial charge in [0.05, 0.1) is 10.9 Å². The lowest BCUT2D eigenvalue weighted by Gasteiger charge is -2.35. The maximum Gasteiger partial charge on any atom is 0.242 e. The van der Waals surface area contributed by atoms with E-state index < -0.39 is 38.4 Å². The first kappa shape index (κ1) is 18.7. The Hall–Kier alpha value is -2.06. The quantitative estimate of drug-likeness (QED) is 0.803. The van der Waals surface area contributed by atoms with Crippen LogP contribution in [0.3, 0.4) is 0 Å². The van der Waals surface area contributed by atoms with Gasteiger partial charge in [-0.2, -0.15) is 0 Å². The third-order valence-electron chi connectivity index (χ3n) is 4.48. The molecule has 0 amide bonds. The number of anilines is 2. The molecular weight excluding hydrogens is 365 g/mol. The first-order chi connectivity index (χ1) is 12.4. The standard InChI is InChI=1S/C18H19F3N2O2S/c1-22-9-3-4-14-11-12-10-13(19)7-8-17(12)23(26(14,24)25)18-15(20)5-2-6-16(18)21/h2,5-8,10,14,22H,3-4,9,11H2,1H3/t14-/m0/s1. The molecule has 0 aromatic heterocycles. The van der Waals surface area contributed by atoms with E-state index in [0.717, 1.165) is 18.2 Å². The Morgan fingerprint density at radius 3 is 2.50 bits per heavy atom. The summed E-state index contributed by atoms with van der Waals surface area (Å²) in [6.45, 7) is 0.607. The van der Waals surface area contributed by atoms with Gasteiger partial charge in [0, 0.05) is 0 Å². The van der Waals surface area contributed by atoms with Gasteiger partial charge >= 0.3 is 0 Å². The fourth-order valence-electron chi connectivity index (χ4n) is 3.24. The van der Waals surface area contributed by atoms with E-state index in [1.807, 2.05) is 0 Å². The molecule has 1 aliphatic rings. The molecule has 0 saturated heterocycles. The highest BCUT2D eigenvalue weighted by Crippen LogP contribution is 2.42. The second-order valence-corrected chi connectivity index (χ2v) is 8.29. The summed E-state index contributed by atoms with van der Waals surface area (Å²) < 4.78 is 69.4. The summed E-state index contributed by atoms with van der Waals surface area (Å²) in [4.78, 5) is 0. The topological polar surface area (TPSA) is 49.4 Å². The van der Waals surface area contributed by atoms with Crippen LogP contribution in [0.2, 0.25) is 0 Å². The van der Waals surface area contributed by atoms with Crippen molar-refractivity contribution in [3.05, 3.63) is 59.4 Å². The van der Waals surface area contributed by atoms with Crippen molar-refractivity contribution in [2.45, 2.75) is 24.5 Å². The molecule has 26 heavy (non-hydrogen) atoms. The average Bonchev–Trinajstić information content (AvgIpc) is 2.57. The minimum atomic E-state index is -4.07. The fourth-order valence-corrected chi connectivity index (χ4v) is 5.27. The zero-order valence-corrected chi connectivity index (χ0v) is 15.0. The lowest BCUT2D eigenvalue weighted by atomic mass is 10.0. The van der Waals surface area contributed by atoms with E-state index in [0.29, 0.717) is 29.3 Å². The molecule has 0 saturated carbocycles. The smallest absolute Gasteiger partial charge is 0.242 e. The van der Waals surface area contributed by atoms with Crippen molar-refractivity contribution in [1.29, 1.82) is 0 Å². The Balaban J connectivity index is 2.17. The molecule has 0 fully saturated rings. The Morgan fingerprint density at radius 1 is 1.15 bits per heavy atom. The van der Waals surface area contributed by atoms with Crippen LogP contribution < -0.4 is 9.62 Å². The van der Waals surface area contributed by atoms with Gasteiger partial charge in [0.2, 0.25) is 10.0 Å². The molecule has 0 spiro atoms. The summed E-state index contributed by atoms with van der Waals surface area (Å²) in [5.74, 6) is -2.49. The van der Waals surface area contributed by atoms with Crippen LogP contribution in [-0.2, 0) is 16.4 Å². The molecular formula is C18H19F3N2O2S. The van der Waals surface area contributed by atoms with Gasteiger partial charge in [0.1, 0.15) is 11.5 Å². The third kappa shape index (κ3) is 3.31. The Labute approximate surface area is 150 Å². The lowest BCUT2D eigenvalue weighted by Crippen LogP contribution is -2.42. The number of benzene rings is 2. The van der Waals surface area contributed by atoms with E-state index >= 15 is 0 Å². The number of nitrogens with zero attached hydrogens (tertiary/aromatic N) is 1. The second kappa shape index (κ2) is 7.28. The minimum Gasteiger partial charge on any atom is -0.320 e. The predicted octanol–water partition coefficient (Wildman–Crippen LogP) is 3.50. The van der Waals surface area contributed by atoms with Crippen LogP contribution in [0.5, 0.6) is 0 Å². The van der Waals surface area contributed by atoms with Gasteiger partial charge in [-0.15, -0.1) is 0 Å². The zero-order valence-electron chi connectivity index (χ0n) is 14.2. The van der Waals surface area contributed by atoms with Gasteiger partial charge in [-0.25, -0.2) is 25.9 Å². The maximum absolute atomic E-state index is 14.4. The summed E-state index contributed by atoms with van der Waals surface area (Å²) in [6.07, 6.45) is 0.968. The van der Waals surface area contributed by atoms with Gasteiger partial charge in [0.25, 0.3) is 0 Å². The molecule has 4 nitrogen and oxygen atoms in total. The van der Waals surface area contributed by atoms with Crippen molar-refractivity contribution in [3.63, 3.8) is 0 Å². The summed E-state index contributed by atoms with van der Waals surface area (Å²) in [6, 6.07) is 6.73. The molecule has 0 radical (unpaired) electrons. The molecule has 140 valence electrons. The van der Waals surface area contributed by atoms with E-state index in [4.69, 9.17) is 0 Å². The summed E-state index contributed by atoms with van der Waals surface area (Å²) in [7, 11) is -2.31. The Kier molecular flexibility index (Phi) is 5.24. The molecule has 0 aliphatic carbocycles. The highest BCUT2D eigenvalue weighted by Gasteiger charge is 2.41. The van der Waals surface area contributed by atoms with E-state index in [2.05, 4.69) is 5.32 Å². The number of halogens is 3. The number of fused-ring (bicyclic) bond motifs is 1. The lowest BCUT2D eigenvalue weighted by molar-refractivity contribution is 0.545. The molecule has 1 atom stereocenters. The molecule has 0 unspecified atom stereocenters. The van der Waals surface area contributed by atoms with Crippen molar-refractivity contribution in [2.75, 3.05) is 17.9 Å². The predicted molar refractivity (Wildman–Crippen MR) is 94.5 cm³/mol. The molecule has 2 aromatic carbocycles. The van der Waals surface area contributed by atoms with E-state index in [1.165, 1.54) is 18.2 Å². The Morgan fingerprint density at radius 2 is 1.85 bits per heavy atom. The number of rotatable bonds is 5. The maximum atomic E-state index is 14.4. The number of para-hydroxylation sites is 1. The number of sulfonamides is 1. The molecule has 8 heteroatoms. The molecule has 1 heterocycles. The average molecular weight is 384 g/mol. The van der Waals surface area contributed by atoms with Gasteiger partial charge in [0.15, 0.2) is 11.6 Å². The number of nitrogens with one attached hydrogen (secondary N) is 1. The van der Waals surface area contributed by atoms with Crippen LogP contribution in [0, 0.1) is 17.5 Å². The van der Waals surface area contributed by atoms with Gasteiger partial charge < -0.3 is 5.32 Å². The molecule has 1 N–H and O–H groups in total. The van der Waals surface area contributed by atoms with Gasteiger partial charge in [-0.05, 0) is 68.8 Å². The highest BCUT2D eigenvalue weighted by molar-refractivity contribution is 7.93. The molecule has 2 aromatic rings. The van der Waals surface area contributed by atoms with Crippen LogP contribution >= 0.6 is 0 Å². The summed E-state index contributed by atoms with van der Waals surface area (Å²) in [5.41, 5.74) is -0.157. The van der Waals surface area contributed by atoms with Crippen molar-refractivity contribution in [2.24, 2.45) is 0 Å². The first-order valence-electron chi connectivity index (χ1n) is 8.27. The van der Waals surface area contributed by atoms with Crippen LogP contribution in [-0.4, -0.2) is 27.3 Å².